The van der Waals surface area contributed by atoms with Crippen LogP contribution in [0.1, 0.15) is 18.1 Å². The molecule has 3 aromatic heterocycles. The zero-order chi connectivity index (χ0) is 24.9. The number of aromatic hydroxyl groups is 1. The van der Waals surface area contributed by atoms with Gasteiger partial charge in [0.2, 0.25) is 0 Å². The second kappa shape index (κ2) is 10.7. The fourth-order valence-electron chi connectivity index (χ4n) is 4.01. The van der Waals surface area contributed by atoms with Crippen LogP contribution < -0.4 is 9.64 Å². The van der Waals surface area contributed by atoms with Gasteiger partial charge in [0.05, 0.1) is 5.69 Å². The summed E-state index contributed by atoms with van der Waals surface area (Å²) in [6.45, 7) is 3.97. The fourth-order valence-corrected chi connectivity index (χ4v) is 4.42. The molecule has 0 amide bonds. The highest BCUT2D eigenvalue weighted by Gasteiger charge is 2.14. The quantitative estimate of drug-likeness (QED) is 0.227. The third-order valence-corrected chi connectivity index (χ3v) is 6.41. The summed E-state index contributed by atoms with van der Waals surface area (Å²) in [7, 11) is 0. The molecule has 7 nitrogen and oxygen atoms in total. The number of aromatic amines is 1. The Morgan fingerprint density at radius 3 is 2.58 bits per heavy atom. The molecule has 2 aromatic carbocycles. The molecule has 0 bridgehead atoms. The molecule has 0 radical (unpaired) electrons. The lowest BCUT2D eigenvalue weighted by Gasteiger charge is -2.23. The summed E-state index contributed by atoms with van der Waals surface area (Å²) in [5.74, 6) is 2.51. The average Bonchev–Trinajstić information content (AvgIpc) is 3.57. The fraction of sp³-hybridized carbons (Fsp3) is 0.143. The highest BCUT2D eigenvalue weighted by molar-refractivity contribution is 9.10. The number of benzene rings is 2. The number of hydrogen-bond acceptors (Lipinski definition) is 5. The van der Waals surface area contributed by atoms with Crippen molar-refractivity contribution in [1.82, 2.24) is 19.7 Å². The Morgan fingerprint density at radius 2 is 1.86 bits per heavy atom. The number of ether oxygens (including phenoxy) is 1. The molecule has 3 heterocycles. The lowest BCUT2D eigenvalue weighted by molar-refractivity contribution is 0.302. The Morgan fingerprint density at radius 1 is 1.00 bits per heavy atom. The minimum atomic E-state index is 0.131. The van der Waals surface area contributed by atoms with Crippen LogP contribution >= 0.6 is 15.9 Å². The minimum absolute atomic E-state index is 0.131. The summed E-state index contributed by atoms with van der Waals surface area (Å²) in [5.41, 5.74) is 3.65. The zero-order valence-electron chi connectivity index (χ0n) is 19.8. The molecule has 0 saturated heterocycles. The van der Waals surface area contributed by atoms with Crippen LogP contribution in [0.2, 0.25) is 0 Å². The van der Waals surface area contributed by atoms with Gasteiger partial charge in [-0.25, -0.2) is 0 Å². The molecule has 0 spiro atoms. The summed E-state index contributed by atoms with van der Waals surface area (Å²) in [6.07, 6.45) is 3.64. The van der Waals surface area contributed by atoms with E-state index in [1.165, 1.54) is 0 Å². The molecule has 0 aliphatic carbocycles. The highest BCUT2D eigenvalue weighted by Crippen LogP contribution is 2.29. The van der Waals surface area contributed by atoms with Crippen molar-refractivity contribution < 1.29 is 9.84 Å². The first-order valence-corrected chi connectivity index (χ1v) is 12.5. The summed E-state index contributed by atoms with van der Waals surface area (Å²) >= 11 is 3.59. The van der Waals surface area contributed by atoms with Crippen LogP contribution in [0.15, 0.2) is 95.7 Å². The van der Waals surface area contributed by atoms with E-state index in [1.807, 2.05) is 67.0 Å². The van der Waals surface area contributed by atoms with Crippen molar-refractivity contribution in [2.45, 2.75) is 20.1 Å². The average molecular weight is 544 g/mol. The first-order chi connectivity index (χ1) is 17.6. The van der Waals surface area contributed by atoms with Gasteiger partial charge in [0.15, 0.2) is 11.7 Å². The molecule has 0 aliphatic heterocycles. The maximum Gasteiger partial charge on any atom is 0.197 e. The van der Waals surface area contributed by atoms with Crippen molar-refractivity contribution in [2.24, 2.45) is 0 Å². The minimum Gasteiger partial charge on any atom is -0.494 e. The van der Waals surface area contributed by atoms with E-state index in [0.29, 0.717) is 18.8 Å². The third-order valence-electron chi connectivity index (χ3n) is 5.91. The maximum atomic E-state index is 10.3. The van der Waals surface area contributed by atoms with Gasteiger partial charge in [0.1, 0.15) is 18.2 Å². The van der Waals surface area contributed by atoms with Crippen molar-refractivity contribution >= 4 is 21.7 Å². The van der Waals surface area contributed by atoms with Crippen molar-refractivity contribution in [2.75, 3.05) is 11.4 Å². The van der Waals surface area contributed by atoms with E-state index in [0.717, 1.165) is 45.1 Å². The summed E-state index contributed by atoms with van der Waals surface area (Å²) < 4.78 is 8.84. The number of rotatable bonds is 9. The van der Waals surface area contributed by atoms with E-state index < -0.39 is 0 Å². The lowest BCUT2D eigenvalue weighted by atomic mass is 10.1. The number of H-pyrrole nitrogens is 1. The normalized spacial score (nSPS) is 10.9. The van der Waals surface area contributed by atoms with Gasteiger partial charge in [0, 0.05) is 47.1 Å². The van der Waals surface area contributed by atoms with E-state index in [2.05, 4.69) is 61.1 Å². The van der Waals surface area contributed by atoms with Gasteiger partial charge in [-0.3, -0.25) is 4.57 Å². The first kappa shape index (κ1) is 23.7. The standard InChI is InChI=1S/C28H26BrN5O2/c1-2-33(17-22-15-23(29)10-12-25(22)36-19-20-7-4-3-5-8-20)27-13-11-24(31-32-27)21-16-28(35)34(18-21)26-9-6-14-30-26/h3-16,18,30,35H,2,17,19H2,1H3. The molecule has 2 N–H and O–H groups in total. The van der Waals surface area contributed by atoms with Gasteiger partial charge in [0.25, 0.3) is 0 Å². The van der Waals surface area contributed by atoms with Gasteiger partial charge in [-0.05, 0) is 55.0 Å². The summed E-state index contributed by atoms with van der Waals surface area (Å²) in [5, 5.41) is 19.3. The Hall–Kier alpha value is -4.04. The van der Waals surface area contributed by atoms with E-state index >= 15 is 0 Å². The molecule has 5 rings (SSSR count). The number of hydrogen-bond donors (Lipinski definition) is 2. The lowest BCUT2D eigenvalue weighted by Crippen LogP contribution is -2.23. The molecular formula is C28H26BrN5O2. The van der Waals surface area contributed by atoms with Crippen molar-refractivity contribution in [1.29, 1.82) is 0 Å². The second-order valence-electron chi connectivity index (χ2n) is 8.33. The number of anilines is 1. The molecule has 5 aromatic rings. The van der Waals surface area contributed by atoms with Crippen molar-refractivity contribution in [3.05, 3.63) is 107 Å². The molecule has 0 atom stereocenters. The molecule has 36 heavy (non-hydrogen) atoms. The van der Waals surface area contributed by atoms with Crippen molar-refractivity contribution in [3.63, 3.8) is 0 Å². The molecule has 0 aliphatic rings. The van der Waals surface area contributed by atoms with E-state index in [-0.39, 0.29) is 5.88 Å². The zero-order valence-corrected chi connectivity index (χ0v) is 21.4. The van der Waals surface area contributed by atoms with Crippen LogP contribution in [0.3, 0.4) is 0 Å². The Labute approximate surface area is 218 Å². The van der Waals surface area contributed by atoms with Crippen LogP contribution in [0.5, 0.6) is 11.6 Å². The van der Waals surface area contributed by atoms with Crippen molar-refractivity contribution in [3.8, 4) is 28.7 Å². The largest absolute Gasteiger partial charge is 0.494 e. The van der Waals surface area contributed by atoms with Crippen LogP contribution in [0.4, 0.5) is 5.82 Å². The third kappa shape index (κ3) is 5.28. The van der Waals surface area contributed by atoms with Crippen LogP contribution in [-0.2, 0) is 13.2 Å². The van der Waals surface area contributed by atoms with Crippen LogP contribution in [0.25, 0.3) is 17.1 Å². The molecule has 0 saturated carbocycles. The van der Waals surface area contributed by atoms with Crippen LogP contribution in [-0.4, -0.2) is 31.4 Å². The molecule has 0 fully saturated rings. The predicted molar refractivity (Wildman–Crippen MR) is 144 cm³/mol. The van der Waals surface area contributed by atoms with E-state index in [1.54, 1.807) is 10.6 Å². The van der Waals surface area contributed by atoms with Gasteiger partial charge in [-0.15, -0.1) is 10.2 Å². The molecule has 182 valence electrons. The number of halogens is 1. The van der Waals surface area contributed by atoms with Gasteiger partial charge in [-0.2, -0.15) is 0 Å². The second-order valence-corrected chi connectivity index (χ2v) is 9.25. The smallest absolute Gasteiger partial charge is 0.197 e. The first-order valence-electron chi connectivity index (χ1n) is 11.7. The monoisotopic (exact) mass is 543 g/mol. The Bertz CT molecular complexity index is 1420. The Balaban J connectivity index is 1.33. The maximum absolute atomic E-state index is 10.3. The molecular weight excluding hydrogens is 518 g/mol. The SMILES string of the molecule is CCN(Cc1cc(Br)ccc1OCc1ccccc1)c1ccc(-c2cc(O)n(-c3ccc[nH]3)c2)nn1. The van der Waals surface area contributed by atoms with Crippen LogP contribution in [0, 0.1) is 0 Å². The molecule has 0 unspecified atom stereocenters. The Kier molecular flexibility index (Phi) is 7.04. The van der Waals surface area contributed by atoms with E-state index in [9.17, 15) is 5.11 Å². The van der Waals surface area contributed by atoms with Gasteiger partial charge >= 0.3 is 0 Å². The summed E-state index contributed by atoms with van der Waals surface area (Å²) in [6, 6.07) is 25.5. The van der Waals surface area contributed by atoms with Gasteiger partial charge < -0.3 is 19.7 Å². The highest BCUT2D eigenvalue weighted by atomic mass is 79.9. The van der Waals surface area contributed by atoms with E-state index in [4.69, 9.17) is 4.74 Å². The topological polar surface area (TPSA) is 79.2 Å². The van der Waals surface area contributed by atoms with Gasteiger partial charge in [-0.1, -0.05) is 46.3 Å². The number of aromatic nitrogens is 4. The predicted octanol–water partition coefficient (Wildman–Crippen LogP) is 6.34. The number of nitrogens with zero attached hydrogens (tertiary/aromatic N) is 4. The number of nitrogens with one attached hydrogen (secondary N) is 1. The molecule has 8 heteroatoms. The summed E-state index contributed by atoms with van der Waals surface area (Å²) in [4.78, 5) is 5.24.